The molecule has 3 aromatic carbocycles. The molecule has 0 atom stereocenters. The van der Waals surface area contributed by atoms with Gasteiger partial charge in [0.05, 0.1) is 29.1 Å². The van der Waals surface area contributed by atoms with Crippen molar-refractivity contribution in [3.05, 3.63) is 95.1 Å². The van der Waals surface area contributed by atoms with E-state index in [0.717, 1.165) is 49.3 Å². The van der Waals surface area contributed by atoms with Gasteiger partial charge in [-0.1, -0.05) is 48.5 Å². The normalized spacial score (nSPS) is 17.1. The minimum Gasteiger partial charge on any atom is -0.462 e. The van der Waals surface area contributed by atoms with Crippen molar-refractivity contribution in [3.8, 4) is 0 Å². The zero-order valence-corrected chi connectivity index (χ0v) is 21.6. The number of piperidine rings is 1. The number of aliphatic hydroxyl groups is 1. The number of aliphatic hydroxyl groups excluding tert-OH is 1. The third-order valence-corrected chi connectivity index (χ3v) is 7.18. The summed E-state index contributed by atoms with van der Waals surface area (Å²) in [5.41, 5.74) is 5.93. The lowest BCUT2D eigenvalue weighted by Gasteiger charge is -2.31. The number of likely N-dealkylation sites (tertiary alicyclic amines) is 1. The van der Waals surface area contributed by atoms with Crippen molar-refractivity contribution in [1.82, 2.24) is 4.90 Å². The summed E-state index contributed by atoms with van der Waals surface area (Å²) in [5, 5.41) is 15.8. The Kier molecular flexibility index (Phi) is 7.86. The van der Waals surface area contributed by atoms with Gasteiger partial charge in [-0.15, -0.1) is 0 Å². The third kappa shape index (κ3) is 5.64. The highest BCUT2D eigenvalue weighted by molar-refractivity contribution is 6.37. The number of nitrogens with one attached hydrogen (secondary N) is 2. The molecule has 1 fully saturated rings. The van der Waals surface area contributed by atoms with E-state index in [2.05, 4.69) is 27.7 Å². The monoisotopic (exact) mass is 511 g/mol. The SMILES string of the molecule is CCOC(=O)c1ccc2c(c1)NC(=O)/C2=C(\Nc1ccc(CN2CCC(CO)CC2)cc1)c1ccccc1. The maximum Gasteiger partial charge on any atom is 0.338 e. The summed E-state index contributed by atoms with van der Waals surface area (Å²) in [6, 6.07) is 23.2. The number of hydrogen-bond donors (Lipinski definition) is 3. The summed E-state index contributed by atoms with van der Waals surface area (Å²) >= 11 is 0. The van der Waals surface area contributed by atoms with E-state index >= 15 is 0 Å². The van der Waals surface area contributed by atoms with E-state index in [-0.39, 0.29) is 19.1 Å². The van der Waals surface area contributed by atoms with Gasteiger partial charge in [0.25, 0.3) is 5.91 Å². The number of esters is 1. The lowest BCUT2D eigenvalue weighted by atomic mass is 9.97. The molecular formula is C31H33N3O4. The van der Waals surface area contributed by atoms with Crippen molar-refractivity contribution in [2.45, 2.75) is 26.3 Å². The largest absolute Gasteiger partial charge is 0.462 e. The summed E-state index contributed by atoms with van der Waals surface area (Å²) in [6.07, 6.45) is 2.07. The van der Waals surface area contributed by atoms with Crippen molar-refractivity contribution in [1.29, 1.82) is 0 Å². The second-order valence-electron chi connectivity index (χ2n) is 9.78. The van der Waals surface area contributed by atoms with E-state index in [0.29, 0.717) is 28.4 Å². The van der Waals surface area contributed by atoms with E-state index in [4.69, 9.17) is 4.74 Å². The van der Waals surface area contributed by atoms with Crippen LogP contribution in [0, 0.1) is 5.92 Å². The Balaban J connectivity index is 1.41. The quantitative estimate of drug-likeness (QED) is 0.291. The molecule has 2 aliphatic rings. The van der Waals surface area contributed by atoms with E-state index in [1.54, 1.807) is 25.1 Å². The minimum atomic E-state index is -0.416. The van der Waals surface area contributed by atoms with Crippen molar-refractivity contribution < 1.29 is 19.4 Å². The second kappa shape index (κ2) is 11.6. The molecule has 0 aliphatic carbocycles. The Morgan fingerprint density at radius 3 is 2.45 bits per heavy atom. The summed E-state index contributed by atoms with van der Waals surface area (Å²) in [4.78, 5) is 27.9. The summed E-state index contributed by atoms with van der Waals surface area (Å²) in [5.74, 6) is -0.214. The molecule has 7 nitrogen and oxygen atoms in total. The molecule has 0 unspecified atom stereocenters. The van der Waals surface area contributed by atoms with E-state index in [9.17, 15) is 14.7 Å². The van der Waals surface area contributed by atoms with Crippen LogP contribution in [-0.2, 0) is 16.1 Å². The molecule has 0 aromatic heterocycles. The van der Waals surface area contributed by atoms with Gasteiger partial charge in [-0.3, -0.25) is 9.69 Å². The van der Waals surface area contributed by atoms with E-state index in [1.807, 2.05) is 42.5 Å². The summed E-state index contributed by atoms with van der Waals surface area (Å²) in [7, 11) is 0. The topological polar surface area (TPSA) is 90.9 Å². The number of rotatable bonds is 8. The van der Waals surface area contributed by atoms with Gasteiger partial charge in [0.1, 0.15) is 0 Å². The van der Waals surface area contributed by atoms with Crippen molar-refractivity contribution >= 4 is 34.5 Å². The Labute approximate surface area is 223 Å². The first kappa shape index (κ1) is 25.7. The first-order chi connectivity index (χ1) is 18.6. The van der Waals surface area contributed by atoms with Crippen LogP contribution in [0.15, 0.2) is 72.8 Å². The number of amides is 1. The average molecular weight is 512 g/mol. The predicted molar refractivity (Wildman–Crippen MR) is 149 cm³/mol. The first-order valence-electron chi connectivity index (χ1n) is 13.2. The standard InChI is InChI=1S/C31H33N3O4/c1-2-38-31(37)24-10-13-26-27(18-24)33-30(36)28(26)29(23-6-4-3-5-7-23)32-25-11-8-21(9-12-25)19-34-16-14-22(20-35)15-17-34/h3-13,18,22,32,35H,2,14-17,19-20H2,1H3,(H,33,36)/b29-28-. The smallest absolute Gasteiger partial charge is 0.338 e. The fraction of sp³-hybridized carbons (Fsp3) is 0.290. The third-order valence-electron chi connectivity index (χ3n) is 7.18. The molecule has 2 heterocycles. The highest BCUT2D eigenvalue weighted by Gasteiger charge is 2.29. The summed E-state index contributed by atoms with van der Waals surface area (Å²) < 4.78 is 5.12. The van der Waals surface area contributed by atoms with Crippen LogP contribution in [0.3, 0.4) is 0 Å². The number of anilines is 2. The molecule has 0 saturated carbocycles. The molecule has 0 radical (unpaired) electrons. The van der Waals surface area contributed by atoms with Gasteiger partial charge in [-0.25, -0.2) is 4.79 Å². The van der Waals surface area contributed by atoms with Crippen molar-refractivity contribution in [2.75, 3.05) is 36.9 Å². The van der Waals surface area contributed by atoms with Gasteiger partial charge < -0.3 is 20.5 Å². The zero-order valence-electron chi connectivity index (χ0n) is 21.6. The molecular weight excluding hydrogens is 478 g/mol. The maximum absolute atomic E-state index is 13.2. The molecule has 1 saturated heterocycles. The number of carbonyl (C=O) groups is 2. The summed E-state index contributed by atoms with van der Waals surface area (Å²) in [6.45, 7) is 5.21. The Morgan fingerprint density at radius 2 is 1.76 bits per heavy atom. The zero-order chi connectivity index (χ0) is 26.5. The highest BCUT2D eigenvalue weighted by atomic mass is 16.5. The molecule has 1 amide bonds. The Bertz CT molecular complexity index is 1330. The molecule has 0 spiro atoms. The van der Waals surface area contributed by atoms with Gasteiger partial charge in [0.15, 0.2) is 0 Å². The number of carbonyl (C=O) groups excluding carboxylic acids is 2. The first-order valence-corrected chi connectivity index (χ1v) is 13.2. The van der Waals surface area contributed by atoms with Crippen LogP contribution in [-0.4, -0.2) is 48.2 Å². The number of hydrogen-bond acceptors (Lipinski definition) is 6. The van der Waals surface area contributed by atoms with Gasteiger partial charge in [0, 0.05) is 24.4 Å². The predicted octanol–water partition coefficient (Wildman–Crippen LogP) is 5.00. The number of benzene rings is 3. The van der Waals surface area contributed by atoms with Gasteiger partial charge in [0.2, 0.25) is 0 Å². The lowest BCUT2D eigenvalue weighted by molar-refractivity contribution is -0.110. The lowest BCUT2D eigenvalue weighted by Crippen LogP contribution is -2.34. The molecule has 5 rings (SSSR count). The van der Waals surface area contributed by atoms with E-state index in [1.165, 1.54) is 5.56 Å². The van der Waals surface area contributed by atoms with Crippen LogP contribution in [0.25, 0.3) is 11.3 Å². The van der Waals surface area contributed by atoms with Crippen LogP contribution >= 0.6 is 0 Å². The van der Waals surface area contributed by atoms with Crippen LogP contribution in [0.5, 0.6) is 0 Å². The van der Waals surface area contributed by atoms with E-state index < -0.39 is 5.97 Å². The van der Waals surface area contributed by atoms with Gasteiger partial charge >= 0.3 is 5.97 Å². The van der Waals surface area contributed by atoms with Crippen molar-refractivity contribution in [2.24, 2.45) is 5.92 Å². The Morgan fingerprint density at radius 1 is 1.03 bits per heavy atom. The molecule has 38 heavy (non-hydrogen) atoms. The molecule has 3 N–H and O–H groups in total. The number of nitrogens with zero attached hydrogens (tertiary/aromatic N) is 1. The molecule has 2 aliphatic heterocycles. The van der Waals surface area contributed by atoms with Crippen molar-refractivity contribution in [3.63, 3.8) is 0 Å². The highest BCUT2D eigenvalue weighted by Crippen LogP contribution is 2.38. The second-order valence-corrected chi connectivity index (χ2v) is 9.78. The van der Waals surface area contributed by atoms with Crippen LogP contribution in [0.1, 0.15) is 46.8 Å². The van der Waals surface area contributed by atoms with Crippen LogP contribution in [0.4, 0.5) is 11.4 Å². The molecule has 196 valence electrons. The van der Waals surface area contributed by atoms with Crippen LogP contribution in [0.2, 0.25) is 0 Å². The minimum absolute atomic E-state index is 0.227. The van der Waals surface area contributed by atoms with Gasteiger partial charge in [-0.2, -0.15) is 0 Å². The molecule has 7 heteroatoms. The Hall–Kier alpha value is -3.94. The fourth-order valence-corrected chi connectivity index (χ4v) is 5.07. The van der Waals surface area contributed by atoms with Crippen LogP contribution < -0.4 is 10.6 Å². The fourth-order valence-electron chi connectivity index (χ4n) is 5.07. The molecule has 3 aromatic rings. The number of fused-ring (bicyclic) bond motifs is 1. The maximum atomic E-state index is 13.2. The number of ether oxygens (including phenoxy) is 1. The average Bonchev–Trinajstić information content (AvgIpc) is 3.28. The van der Waals surface area contributed by atoms with Gasteiger partial charge in [-0.05, 0) is 74.2 Å². The molecule has 0 bridgehead atoms.